The van der Waals surface area contributed by atoms with Gasteiger partial charge in [0.1, 0.15) is 50.3 Å². The molecule has 0 saturated carbocycles. The Balaban J connectivity index is -0.000000533. The number of nitrogens with zero attached hydrogens (tertiary/aromatic N) is 4. The fourth-order valence-corrected chi connectivity index (χ4v) is 10.2. The number of likely N-dealkylation sites (N-methyl/N-ethyl adjacent to an activating group) is 7. The van der Waals surface area contributed by atoms with Crippen molar-refractivity contribution >= 4 is 78.8 Å². The van der Waals surface area contributed by atoms with Crippen molar-refractivity contribution < 1.29 is 51.0 Å². The Morgan fingerprint density at radius 1 is 0.541 bits per heavy atom. The van der Waals surface area contributed by atoms with Crippen molar-refractivity contribution in [1.29, 1.82) is 0 Å². The van der Waals surface area contributed by atoms with Crippen molar-refractivity contribution in [2.75, 3.05) is 107 Å². The molecule has 0 spiro atoms. The number of nitrogens with two attached hydrogens (primary N) is 2. The Labute approximate surface area is 590 Å². The summed E-state index contributed by atoms with van der Waals surface area (Å²) in [6.45, 7) is 19.7. The lowest BCUT2D eigenvalue weighted by molar-refractivity contribution is -0.119. The number of Topliss-reactive ketones (excluding diaryl/α,β-unsaturated/α-hetero) is 7. The molecule has 2 aromatic carbocycles. The van der Waals surface area contributed by atoms with Crippen molar-refractivity contribution in [2.24, 2.45) is 31.7 Å². The van der Waals surface area contributed by atoms with Crippen LogP contribution in [0.5, 0.6) is 0 Å². The second-order valence-electron chi connectivity index (χ2n) is 24.2. The first kappa shape index (κ1) is 98.1. The molecule has 2 aromatic rings. The summed E-state index contributed by atoms with van der Waals surface area (Å²) in [5.41, 5.74) is 12.4. The minimum absolute atomic E-state index is 0.0129. The molecule has 3 rings (SSSR count). The van der Waals surface area contributed by atoms with E-state index in [4.69, 9.17) is 11.5 Å². The van der Waals surface area contributed by atoms with Crippen LogP contribution in [0.4, 0.5) is 0 Å². The van der Waals surface area contributed by atoms with E-state index in [9.17, 15) is 51.0 Å². The van der Waals surface area contributed by atoms with Crippen molar-refractivity contribution in [1.82, 2.24) is 53.2 Å². The number of guanidine groups is 2. The molecule has 27 nitrogen and oxygen atoms in total. The van der Waals surface area contributed by atoms with Crippen molar-refractivity contribution in [3.05, 3.63) is 71.3 Å². The topological polar surface area (TPSA) is 410 Å². The van der Waals surface area contributed by atoms with Gasteiger partial charge in [0.2, 0.25) is 0 Å². The molecule has 8 atom stereocenters. The van der Waals surface area contributed by atoms with Gasteiger partial charge in [-0.2, -0.15) is 10.2 Å². The number of hydrogen-bond donors (Lipinski definition) is 12. The maximum Gasteiger partial charge on any atom is 0.193 e. The van der Waals surface area contributed by atoms with E-state index in [1.165, 1.54) is 13.2 Å². The van der Waals surface area contributed by atoms with Gasteiger partial charge < -0.3 is 64.6 Å². The molecule has 29 heteroatoms. The second-order valence-corrected chi connectivity index (χ2v) is 28.0. The van der Waals surface area contributed by atoms with Gasteiger partial charge in [-0.15, -0.1) is 0 Å². The maximum absolute atomic E-state index is 12.3. The quantitative estimate of drug-likeness (QED) is 0.0196. The number of sulfone groups is 1. The van der Waals surface area contributed by atoms with E-state index in [2.05, 4.69) is 87.2 Å². The van der Waals surface area contributed by atoms with Crippen molar-refractivity contribution in [2.45, 2.75) is 200 Å². The van der Waals surface area contributed by atoms with E-state index < -0.39 is 20.6 Å². The Bertz CT molecular complexity index is 2800. The van der Waals surface area contributed by atoms with Crippen LogP contribution in [0.3, 0.4) is 0 Å². The minimum atomic E-state index is -2.96. The molecule has 562 valence electrons. The van der Waals surface area contributed by atoms with E-state index in [1.54, 1.807) is 90.1 Å². The lowest BCUT2D eigenvalue weighted by Gasteiger charge is -2.13. The molecular weight excluding hydrogens is 1290 g/mol. The Morgan fingerprint density at radius 3 is 1.30 bits per heavy atom. The zero-order valence-electron chi connectivity index (χ0n) is 63.1. The number of nitrogens with one attached hydrogen (secondary N) is 10. The highest BCUT2D eigenvalue weighted by molar-refractivity contribution is 7.90. The maximum atomic E-state index is 12.3. The first-order valence-corrected chi connectivity index (χ1v) is 37.2. The van der Waals surface area contributed by atoms with E-state index in [1.807, 2.05) is 82.7 Å². The second kappa shape index (κ2) is 58.5. The lowest BCUT2D eigenvalue weighted by Crippen LogP contribution is -2.37. The van der Waals surface area contributed by atoms with Gasteiger partial charge in [0.05, 0.1) is 48.0 Å². The van der Waals surface area contributed by atoms with Gasteiger partial charge in [0, 0.05) is 79.8 Å². The smallest absolute Gasteiger partial charge is 0.193 e. The Morgan fingerprint density at radius 2 is 0.939 bits per heavy atom. The van der Waals surface area contributed by atoms with Gasteiger partial charge in [-0.05, 0) is 181 Å². The van der Waals surface area contributed by atoms with Crippen LogP contribution < -0.4 is 64.6 Å². The first-order valence-electron chi connectivity index (χ1n) is 33.5. The monoisotopic (exact) mass is 1420 g/mol. The van der Waals surface area contributed by atoms with E-state index in [0.29, 0.717) is 55.1 Å². The van der Waals surface area contributed by atoms with E-state index in [0.717, 1.165) is 76.0 Å². The van der Waals surface area contributed by atoms with Gasteiger partial charge in [0.15, 0.2) is 23.4 Å². The highest BCUT2D eigenvalue weighted by Crippen LogP contribution is 2.32. The molecule has 0 amide bonds. The molecule has 0 radical (unpaired) electrons. The number of hydrogen-bond acceptors (Lipinski definition) is 23. The third-order valence-corrected chi connectivity index (χ3v) is 16.9. The average molecular weight is 1420 g/mol. The van der Waals surface area contributed by atoms with Gasteiger partial charge in [-0.3, -0.25) is 52.6 Å². The fraction of sp³-hybridized carbons (Fsp3) is 0.681. The molecule has 1 unspecified atom stereocenters. The number of carbonyl (C=O) groups is 8. The number of unbranched alkanes of at least 4 members (excludes halogenated alkanes) is 2. The summed E-state index contributed by atoms with van der Waals surface area (Å²) in [5, 5.41) is 37.7. The van der Waals surface area contributed by atoms with Crippen molar-refractivity contribution in [3.63, 3.8) is 0 Å². The molecule has 98 heavy (non-hydrogen) atoms. The summed E-state index contributed by atoms with van der Waals surface area (Å²) in [6.07, 6.45) is 12.8. The van der Waals surface area contributed by atoms with E-state index >= 15 is 0 Å². The van der Waals surface area contributed by atoms with Gasteiger partial charge in [-0.25, -0.2) is 8.42 Å². The van der Waals surface area contributed by atoms with Crippen molar-refractivity contribution in [3.8, 4) is 0 Å². The normalized spacial score (nSPS) is 14.2. The molecular formula is C69H128N16O11S2. The third kappa shape index (κ3) is 54.6. The van der Waals surface area contributed by atoms with Crippen LogP contribution in [0.2, 0.25) is 0 Å². The molecule has 0 saturated heterocycles. The number of benzene rings is 2. The number of carbonyl (C=O) groups excluding carboxylic acids is 8. The number of aliphatic imine (C=N–C) groups is 2. The minimum Gasteiger partial charge on any atom is -0.370 e. The molecule has 0 aromatic heterocycles. The van der Waals surface area contributed by atoms with Crippen LogP contribution in [-0.2, 0) is 60.6 Å². The van der Waals surface area contributed by atoms with Crippen LogP contribution in [0.15, 0.2) is 74.8 Å². The Hall–Kier alpha value is -6.28. The zero-order valence-corrected chi connectivity index (χ0v) is 64.7. The summed E-state index contributed by atoms with van der Waals surface area (Å²) >= 11 is 0. The summed E-state index contributed by atoms with van der Waals surface area (Å²) < 4.78 is 32.1. The SMILES string of the molecule is CN=C(NC)NCCC[C@H](NC)C(C)=O.CN[C@@H](CC1(C)N=N1)C(C)=O.CN[C@@H](CCCCN=C(N)N)C(C)=O.CN[C@@H](CCCCNC(C)C)C(C)=O.CN[C@@H](CCS(C)(=O)=O)C(C)=O.CN[C@@H](CCS(C)=O)C(C)=O.CN[C@@H](Cc1ccc(C(=O)c2ccccc2)cc1)C(C)=O. The van der Waals surface area contributed by atoms with Crippen LogP contribution in [0, 0.1) is 0 Å². The molecule has 1 aliphatic rings. The molecule has 0 fully saturated rings. The fourth-order valence-electron chi connectivity index (χ4n) is 8.93. The van der Waals surface area contributed by atoms with Crippen LogP contribution in [-0.4, -0.2) is 232 Å². The highest BCUT2D eigenvalue weighted by atomic mass is 32.2. The molecule has 0 aliphatic carbocycles. The molecule has 0 bridgehead atoms. The zero-order chi connectivity index (χ0) is 76.0. The predicted octanol–water partition coefficient (Wildman–Crippen LogP) is 3.58. The average Bonchev–Trinajstić information content (AvgIpc) is 1.53. The molecule has 14 N–H and O–H groups in total. The summed E-state index contributed by atoms with van der Waals surface area (Å²) in [7, 11) is 12.2. The largest absolute Gasteiger partial charge is 0.370 e. The predicted molar refractivity (Wildman–Crippen MR) is 402 cm³/mol. The standard InChI is InChI=1S/C18H19NO2.C11H24N2O.C10H22N4O.C9H20N4O.C7H13N3O.C7H15NO3S.C7H15NO2S/c1-13(20)17(19-2)12-14-8-10-16(11-9-14)18(21)15-6-4-3-5-7-15;1-9(2)13-8-6-5-7-11(12-4)10(3)14;1-8(15)9(11-2)6-5-7-14-10(12-3)13-4;1-7(14)8(12-2)5-3-4-6-13-9(10)11;1-5(11)6(8-3)4-7(2)9-10-7;1-6(9)7(8-2)4-5-12(3,10)11;1-6(9)7(8-2)4-5-11(3)10/h3-11,17,19H,12H2,1-2H3;9,11-13H,5-8H2,1-4H3;9,11H,5-7H2,1-4H3,(H2,12,13,14);8,12H,3-6H2,1-2H3,(H4,10,11,13);6,8H,4H2,1-3H3;7-8H,4-5H2,1-3H3;7-8H,4-5H2,1-3H3/t17-;11-;9-;8-;6-;7-;7-,11?/m0000000/s1. The number of rotatable bonds is 41. The summed E-state index contributed by atoms with van der Waals surface area (Å²) in [4.78, 5) is 97.3. The Kier molecular flexibility index (Phi) is 58.6. The van der Waals surface area contributed by atoms with Gasteiger partial charge >= 0.3 is 0 Å². The summed E-state index contributed by atoms with van der Waals surface area (Å²) in [5.74, 6) is 2.50. The molecule has 1 aliphatic heterocycles. The highest BCUT2D eigenvalue weighted by Gasteiger charge is 2.37. The number of ketones is 8. The van der Waals surface area contributed by atoms with Gasteiger partial charge in [-0.1, -0.05) is 74.9 Å². The molecule has 1 heterocycles. The van der Waals surface area contributed by atoms with Crippen LogP contribution >= 0.6 is 0 Å². The van der Waals surface area contributed by atoms with Gasteiger partial charge in [0.25, 0.3) is 0 Å². The summed E-state index contributed by atoms with van der Waals surface area (Å²) in [6, 6.07) is 16.5. The van der Waals surface area contributed by atoms with Crippen LogP contribution in [0.1, 0.15) is 161 Å². The third-order valence-electron chi connectivity index (χ3n) is 15.2. The van der Waals surface area contributed by atoms with E-state index in [-0.39, 0.29) is 106 Å². The van der Waals surface area contributed by atoms with Crippen LogP contribution in [0.25, 0.3) is 0 Å². The first-order chi connectivity index (χ1) is 45.9. The lowest BCUT2D eigenvalue weighted by atomic mass is 9.99.